The Morgan fingerprint density at radius 1 is 1.27 bits per heavy atom. The average molecular weight is 586 g/mol. The molecule has 3 saturated heterocycles. The number of aliphatic hydroxyl groups excluding tert-OH is 1. The minimum atomic E-state index is -1.10. The van der Waals surface area contributed by atoms with Gasteiger partial charge in [0.15, 0.2) is 0 Å². The molecule has 0 radical (unpaired) electrons. The molecule has 3 rings (SSSR count). The number of aliphatic hydroxyl groups is 1. The van der Waals surface area contributed by atoms with E-state index in [4.69, 9.17) is 9.47 Å². The first-order valence-electron chi connectivity index (χ1n) is 13.6. The predicted molar refractivity (Wildman–Crippen MR) is 145 cm³/mol. The number of nitrogens with zero attached hydrogens (tertiary/aromatic N) is 2. The number of halogens is 1. The Morgan fingerprint density at radius 2 is 1.95 bits per heavy atom. The number of carbonyl (C=O) groups is 3. The summed E-state index contributed by atoms with van der Waals surface area (Å²) < 4.78 is 11.9. The number of esters is 1. The molecule has 0 saturated carbocycles. The van der Waals surface area contributed by atoms with Crippen molar-refractivity contribution in [2.24, 2.45) is 17.3 Å². The number of unbranched alkanes of at least 4 members (excludes halogenated alkanes) is 2. The number of carbonyl (C=O) groups excluding carboxylic acids is 3. The van der Waals surface area contributed by atoms with Crippen LogP contribution >= 0.6 is 15.9 Å². The molecule has 1 N–H and O–H groups in total. The van der Waals surface area contributed by atoms with Gasteiger partial charge in [-0.2, -0.15) is 0 Å². The lowest BCUT2D eigenvalue weighted by atomic mass is 9.70. The number of rotatable bonds is 12. The number of ether oxygens (including phenoxy) is 2. The first-order valence-corrected chi connectivity index (χ1v) is 14.5. The Labute approximate surface area is 230 Å². The van der Waals surface area contributed by atoms with E-state index in [1.165, 1.54) is 0 Å². The average Bonchev–Trinajstić information content (AvgIpc) is 3.36. The second kappa shape index (κ2) is 11.3. The SMILES string of the molecule is C=CCN(C(=O)C1N(CCCCCO)C(=O)[C@@H]2[C@H](C(=O)OCC)[C@H]3OC12CC3Br)C(C)(C)CC(C)(C)C. The van der Waals surface area contributed by atoms with Crippen LogP contribution in [0.25, 0.3) is 0 Å². The minimum absolute atomic E-state index is 0.0300. The van der Waals surface area contributed by atoms with Crippen LogP contribution in [0.4, 0.5) is 0 Å². The van der Waals surface area contributed by atoms with Gasteiger partial charge in [-0.25, -0.2) is 0 Å². The van der Waals surface area contributed by atoms with Gasteiger partial charge in [-0.05, 0) is 58.3 Å². The van der Waals surface area contributed by atoms with E-state index in [-0.39, 0.29) is 35.3 Å². The molecule has 8 nitrogen and oxygen atoms in total. The summed E-state index contributed by atoms with van der Waals surface area (Å²) in [6.45, 7) is 17.2. The van der Waals surface area contributed by atoms with Gasteiger partial charge in [0, 0.05) is 30.1 Å². The van der Waals surface area contributed by atoms with E-state index in [9.17, 15) is 19.5 Å². The smallest absolute Gasteiger partial charge is 0.312 e. The molecule has 2 bridgehead atoms. The summed E-state index contributed by atoms with van der Waals surface area (Å²) in [5.74, 6) is -2.33. The largest absolute Gasteiger partial charge is 0.466 e. The van der Waals surface area contributed by atoms with Crippen molar-refractivity contribution in [3.8, 4) is 0 Å². The molecule has 37 heavy (non-hydrogen) atoms. The summed E-state index contributed by atoms with van der Waals surface area (Å²) >= 11 is 3.69. The lowest BCUT2D eigenvalue weighted by Gasteiger charge is -2.45. The Morgan fingerprint density at radius 3 is 2.51 bits per heavy atom. The number of hydrogen-bond donors (Lipinski definition) is 1. The standard InChI is InChI=1S/C28H45BrN2O6/c1-8-13-31(27(6,7)17-26(3,4)5)24(34)22-28-16-18(29)21(37-28)19(25(35)36-9-2)20(28)23(33)30(22)14-11-10-12-15-32/h8,18-22,32H,1,9-17H2,2-7H3/t18?,19-,20-,21-,22?,28?/m0/s1. The highest BCUT2D eigenvalue weighted by molar-refractivity contribution is 9.09. The molecular weight excluding hydrogens is 540 g/mol. The van der Waals surface area contributed by atoms with Gasteiger partial charge in [0.25, 0.3) is 0 Å². The molecule has 3 aliphatic heterocycles. The van der Waals surface area contributed by atoms with E-state index in [1.54, 1.807) is 17.9 Å². The van der Waals surface area contributed by atoms with Gasteiger partial charge in [-0.15, -0.1) is 6.58 Å². The van der Waals surface area contributed by atoms with Crippen LogP contribution in [0.3, 0.4) is 0 Å². The van der Waals surface area contributed by atoms with Crippen molar-refractivity contribution in [3.05, 3.63) is 12.7 Å². The summed E-state index contributed by atoms with van der Waals surface area (Å²) in [4.78, 5) is 45.0. The topological polar surface area (TPSA) is 96.4 Å². The van der Waals surface area contributed by atoms with Gasteiger partial charge in [0.05, 0.1) is 24.5 Å². The molecule has 210 valence electrons. The third-order valence-corrected chi connectivity index (χ3v) is 8.76. The van der Waals surface area contributed by atoms with Crippen LogP contribution in [0.15, 0.2) is 12.7 Å². The van der Waals surface area contributed by atoms with Crippen LogP contribution in [0.2, 0.25) is 0 Å². The number of hydrogen-bond acceptors (Lipinski definition) is 6. The molecule has 6 atom stereocenters. The molecule has 0 aromatic heterocycles. The predicted octanol–water partition coefficient (Wildman–Crippen LogP) is 3.69. The molecule has 3 aliphatic rings. The molecule has 1 spiro atoms. The maximum atomic E-state index is 14.6. The van der Waals surface area contributed by atoms with Gasteiger partial charge in [0.2, 0.25) is 11.8 Å². The zero-order valence-electron chi connectivity index (χ0n) is 23.3. The fourth-order valence-corrected chi connectivity index (χ4v) is 7.98. The van der Waals surface area contributed by atoms with Crippen molar-refractivity contribution in [2.45, 2.75) is 102 Å². The maximum absolute atomic E-state index is 14.6. The van der Waals surface area contributed by atoms with E-state index < -0.39 is 41.1 Å². The highest BCUT2D eigenvalue weighted by atomic mass is 79.9. The monoisotopic (exact) mass is 584 g/mol. The Bertz CT molecular complexity index is 886. The van der Waals surface area contributed by atoms with Crippen LogP contribution in [-0.2, 0) is 23.9 Å². The van der Waals surface area contributed by atoms with Gasteiger partial charge in [0.1, 0.15) is 11.6 Å². The molecule has 3 fully saturated rings. The molecule has 0 aliphatic carbocycles. The van der Waals surface area contributed by atoms with E-state index in [0.717, 1.165) is 12.8 Å². The van der Waals surface area contributed by atoms with Gasteiger partial charge < -0.3 is 24.4 Å². The molecule has 3 unspecified atom stereocenters. The van der Waals surface area contributed by atoms with Crippen LogP contribution in [0.5, 0.6) is 0 Å². The summed E-state index contributed by atoms with van der Waals surface area (Å²) in [5, 5.41) is 9.23. The summed E-state index contributed by atoms with van der Waals surface area (Å²) in [7, 11) is 0. The van der Waals surface area contributed by atoms with Crippen molar-refractivity contribution >= 4 is 33.7 Å². The summed E-state index contributed by atoms with van der Waals surface area (Å²) in [5.41, 5.74) is -1.63. The fourth-order valence-electron chi connectivity index (χ4n) is 7.03. The van der Waals surface area contributed by atoms with Crippen molar-refractivity contribution < 1.29 is 29.0 Å². The molecule has 9 heteroatoms. The summed E-state index contributed by atoms with van der Waals surface area (Å²) in [6.07, 6.45) is 4.44. The van der Waals surface area contributed by atoms with E-state index >= 15 is 0 Å². The van der Waals surface area contributed by atoms with E-state index in [2.05, 4.69) is 57.1 Å². The molecule has 2 amide bonds. The van der Waals surface area contributed by atoms with Gasteiger partial charge >= 0.3 is 5.97 Å². The van der Waals surface area contributed by atoms with E-state index in [0.29, 0.717) is 32.4 Å². The van der Waals surface area contributed by atoms with Crippen molar-refractivity contribution in [1.82, 2.24) is 9.80 Å². The van der Waals surface area contributed by atoms with E-state index in [1.807, 2.05) is 4.90 Å². The van der Waals surface area contributed by atoms with Crippen LogP contribution in [0.1, 0.15) is 73.6 Å². The number of amides is 2. The van der Waals surface area contributed by atoms with Gasteiger partial charge in [-0.1, -0.05) is 42.8 Å². The Hall–Kier alpha value is -1.45. The molecule has 0 aromatic carbocycles. The molecule has 0 aromatic rings. The quantitative estimate of drug-likeness (QED) is 0.163. The zero-order valence-corrected chi connectivity index (χ0v) is 24.9. The van der Waals surface area contributed by atoms with Crippen molar-refractivity contribution in [1.29, 1.82) is 0 Å². The number of fused-ring (bicyclic) bond motifs is 1. The lowest BCUT2D eigenvalue weighted by Crippen LogP contribution is -2.61. The van der Waals surface area contributed by atoms with Crippen LogP contribution < -0.4 is 0 Å². The Balaban J connectivity index is 2.06. The number of alkyl halides is 1. The first-order chi connectivity index (χ1) is 17.3. The van der Waals surface area contributed by atoms with Crippen molar-refractivity contribution in [2.75, 3.05) is 26.3 Å². The first kappa shape index (κ1) is 30.1. The highest BCUT2D eigenvalue weighted by Crippen LogP contribution is 2.60. The van der Waals surface area contributed by atoms with Gasteiger partial charge in [-0.3, -0.25) is 14.4 Å². The zero-order chi connectivity index (χ0) is 27.8. The third kappa shape index (κ3) is 5.64. The van der Waals surface area contributed by atoms with Crippen LogP contribution in [0, 0.1) is 17.3 Å². The third-order valence-electron chi connectivity index (χ3n) is 7.91. The second-order valence-corrected chi connectivity index (χ2v) is 13.7. The normalized spacial score (nSPS) is 31.0. The molecule has 3 heterocycles. The van der Waals surface area contributed by atoms with Crippen molar-refractivity contribution in [3.63, 3.8) is 0 Å². The lowest BCUT2D eigenvalue weighted by molar-refractivity contribution is -0.155. The van der Waals surface area contributed by atoms with Crippen LogP contribution in [-0.4, -0.2) is 87.1 Å². The number of likely N-dealkylation sites (tertiary alicyclic amines) is 1. The summed E-state index contributed by atoms with van der Waals surface area (Å²) in [6, 6.07) is -0.845. The fraction of sp³-hybridized carbons (Fsp3) is 0.821. The Kier molecular flexibility index (Phi) is 9.23. The minimum Gasteiger partial charge on any atom is -0.466 e. The highest BCUT2D eigenvalue weighted by Gasteiger charge is 2.77. The maximum Gasteiger partial charge on any atom is 0.312 e. The second-order valence-electron chi connectivity index (χ2n) is 12.5. The molecular formula is C28H45BrN2O6.